The van der Waals surface area contributed by atoms with Gasteiger partial charge in [0.05, 0.1) is 31.0 Å². The van der Waals surface area contributed by atoms with E-state index in [0.29, 0.717) is 24.5 Å². The highest BCUT2D eigenvalue weighted by atomic mass is 16.5. The second-order valence-corrected chi connectivity index (χ2v) is 6.12. The Morgan fingerprint density at radius 2 is 2.08 bits per heavy atom. The molecule has 0 bridgehead atoms. The van der Waals surface area contributed by atoms with Gasteiger partial charge in [-0.2, -0.15) is 0 Å². The molecule has 1 saturated heterocycles. The molecule has 1 N–H and O–H groups in total. The molecule has 2 aromatic rings. The van der Waals surface area contributed by atoms with Crippen molar-refractivity contribution in [3.63, 3.8) is 0 Å². The summed E-state index contributed by atoms with van der Waals surface area (Å²) in [6.07, 6.45) is 2.00. The van der Waals surface area contributed by atoms with Gasteiger partial charge in [0.2, 0.25) is 5.91 Å². The molecule has 0 aromatic carbocycles. The zero-order valence-corrected chi connectivity index (χ0v) is 13.9. The van der Waals surface area contributed by atoms with Gasteiger partial charge in [-0.1, -0.05) is 11.2 Å². The van der Waals surface area contributed by atoms with Crippen LogP contribution < -0.4 is 5.32 Å². The van der Waals surface area contributed by atoms with Crippen molar-refractivity contribution in [3.05, 3.63) is 36.2 Å². The number of amides is 1. The highest BCUT2D eigenvalue weighted by molar-refractivity contribution is 5.78. The monoisotopic (exact) mass is 330 g/mol. The van der Waals surface area contributed by atoms with Crippen LogP contribution in [0.5, 0.6) is 0 Å². The fourth-order valence-electron chi connectivity index (χ4n) is 2.89. The summed E-state index contributed by atoms with van der Waals surface area (Å²) >= 11 is 0. The smallest absolute Gasteiger partial charge is 0.234 e. The average Bonchev–Trinajstić information content (AvgIpc) is 3.02. The van der Waals surface area contributed by atoms with Crippen LogP contribution in [0.3, 0.4) is 0 Å². The molecule has 7 nitrogen and oxygen atoms in total. The summed E-state index contributed by atoms with van der Waals surface area (Å²) in [5.74, 6) is 0.569. The number of rotatable bonds is 5. The standard InChI is InChI=1S/C17H22N4O3/c1-12-9-21(10-13(2)23-12)11-17(22)19-8-14-7-16(20-24-14)15-5-3-4-6-18-15/h3-7,12-13H,8-11H2,1-2H3,(H,19,22)/t12-,13+. The van der Waals surface area contributed by atoms with E-state index in [0.717, 1.165) is 18.8 Å². The van der Waals surface area contributed by atoms with Crippen molar-refractivity contribution in [1.29, 1.82) is 0 Å². The van der Waals surface area contributed by atoms with E-state index >= 15 is 0 Å². The van der Waals surface area contributed by atoms with Crippen molar-refractivity contribution in [2.75, 3.05) is 19.6 Å². The lowest BCUT2D eigenvalue weighted by atomic mass is 10.2. The molecular formula is C17H22N4O3. The number of nitrogens with zero attached hydrogens (tertiary/aromatic N) is 3. The van der Waals surface area contributed by atoms with Crippen molar-refractivity contribution in [2.45, 2.75) is 32.6 Å². The molecule has 0 saturated carbocycles. The molecule has 3 heterocycles. The van der Waals surface area contributed by atoms with E-state index in [9.17, 15) is 4.79 Å². The number of aromatic nitrogens is 2. The number of nitrogens with one attached hydrogen (secondary N) is 1. The van der Waals surface area contributed by atoms with E-state index in [1.54, 1.807) is 12.3 Å². The van der Waals surface area contributed by atoms with Crippen LogP contribution in [0, 0.1) is 0 Å². The van der Waals surface area contributed by atoms with Gasteiger partial charge in [0.25, 0.3) is 0 Å². The first-order chi connectivity index (χ1) is 11.6. The summed E-state index contributed by atoms with van der Waals surface area (Å²) in [6.45, 7) is 6.25. The van der Waals surface area contributed by atoms with Crippen molar-refractivity contribution in [3.8, 4) is 11.4 Å². The SMILES string of the molecule is C[C@@H]1CN(CC(=O)NCc2cc(-c3ccccn3)no2)C[C@H](C)O1. The predicted molar refractivity (Wildman–Crippen MR) is 88.0 cm³/mol. The van der Waals surface area contributed by atoms with Crippen LogP contribution >= 0.6 is 0 Å². The molecular weight excluding hydrogens is 308 g/mol. The Kier molecular flexibility index (Phi) is 5.22. The largest absolute Gasteiger partial charge is 0.373 e. The Hall–Kier alpha value is -2.25. The predicted octanol–water partition coefficient (Wildman–Crippen LogP) is 1.46. The number of carbonyl (C=O) groups excluding carboxylic acids is 1. The minimum atomic E-state index is -0.0351. The van der Waals surface area contributed by atoms with E-state index < -0.39 is 0 Å². The summed E-state index contributed by atoms with van der Waals surface area (Å²) < 4.78 is 10.9. The molecule has 24 heavy (non-hydrogen) atoms. The van der Waals surface area contributed by atoms with Crippen LogP contribution in [0.25, 0.3) is 11.4 Å². The van der Waals surface area contributed by atoms with E-state index in [4.69, 9.17) is 9.26 Å². The fraction of sp³-hybridized carbons (Fsp3) is 0.471. The maximum atomic E-state index is 12.1. The maximum Gasteiger partial charge on any atom is 0.234 e. The third kappa shape index (κ3) is 4.39. The molecule has 1 amide bonds. The lowest BCUT2D eigenvalue weighted by molar-refractivity contribution is -0.126. The van der Waals surface area contributed by atoms with Gasteiger partial charge in [-0.25, -0.2) is 0 Å². The topological polar surface area (TPSA) is 80.5 Å². The third-order valence-electron chi connectivity index (χ3n) is 3.81. The fourth-order valence-corrected chi connectivity index (χ4v) is 2.89. The average molecular weight is 330 g/mol. The van der Waals surface area contributed by atoms with Gasteiger partial charge in [0.15, 0.2) is 5.76 Å². The van der Waals surface area contributed by atoms with Gasteiger partial charge in [0, 0.05) is 25.4 Å². The second kappa shape index (κ2) is 7.55. The van der Waals surface area contributed by atoms with Crippen LogP contribution in [0.2, 0.25) is 0 Å². The van der Waals surface area contributed by atoms with Crippen LogP contribution in [-0.2, 0) is 16.1 Å². The van der Waals surface area contributed by atoms with Crippen LogP contribution in [0.4, 0.5) is 0 Å². The Labute approximate surface area is 141 Å². The van der Waals surface area contributed by atoms with Gasteiger partial charge < -0.3 is 14.6 Å². The van der Waals surface area contributed by atoms with Crippen LogP contribution in [0.1, 0.15) is 19.6 Å². The molecule has 0 radical (unpaired) electrons. The quantitative estimate of drug-likeness (QED) is 0.894. The van der Waals surface area contributed by atoms with Crippen molar-refractivity contribution < 1.29 is 14.1 Å². The summed E-state index contributed by atoms with van der Waals surface area (Å²) in [6, 6.07) is 7.39. The first-order valence-corrected chi connectivity index (χ1v) is 8.11. The van der Waals surface area contributed by atoms with E-state index in [2.05, 4.69) is 20.4 Å². The minimum Gasteiger partial charge on any atom is -0.373 e. The minimum absolute atomic E-state index is 0.0351. The highest BCUT2D eigenvalue weighted by Crippen LogP contribution is 2.16. The Bertz CT molecular complexity index is 663. The Morgan fingerprint density at radius 3 is 2.79 bits per heavy atom. The van der Waals surface area contributed by atoms with Crippen molar-refractivity contribution in [2.24, 2.45) is 0 Å². The van der Waals surface area contributed by atoms with Gasteiger partial charge in [0.1, 0.15) is 5.69 Å². The summed E-state index contributed by atoms with van der Waals surface area (Å²) in [4.78, 5) is 18.4. The second-order valence-electron chi connectivity index (χ2n) is 6.12. The summed E-state index contributed by atoms with van der Waals surface area (Å²) in [5, 5.41) is 6.85. The van der Waals surface area contributed by atoms with Gasteiger partial charge >= 0.3 is 0 Å². The van der Waals surface area contributed by atoms with Gasteiger partial charge in [-0.15, -0.1) is 0 Å². The number of morpholine rings is 1. The van der Waals surface area contributed by atoms with Crippen molar-refractivity contribution in [1.82, 2.24) is 20.4 Å². The zero-order chi connectivity index (χ0) is 16.9. The molecule has 1 fully saturated rings. The number of carbonyl (C=O) groups is 1. The molecule has 3 rings (SSSR count). The summed E-state index contributed by atoms with van der Waals surface area (Å²) in [7, 11) is 0. The third-order valence-corrected chi connectivity index (χ3v) is 3.81. The number of hydrogen-bond acceptors (Lipinski definition) is 6. The van der Waals surface area contributed by atoms with E-state index in [-0.39, 0.29) is 18.1 Å². The molecule has 1 aliphatic rings. The lowest BCUT2D eigenvalue weighted by Crippen LogP contribution is -2.49. The number of hydrogen-bond donors (Lipinski definition) is 1. The lowest BCUT2D eigenvalue weighted by Gasteiger charge is -2.34. The van der Waals surface area contributed by atoms with Gasteiger partial charge in [-0.3, -0.25) is 14.7 Å². The normalized spacial score (nSPS) is 21.6. The Morgan fingerprint density at radius 1 is 1.29 bits per heavy atom. The van der Waals surface area contributed by atoms with E-state index in [1.807, 2.05) is 32.0 Å². The molecule has 2 atom stereocenters. The molecule has 1 aliphatic heterocycles. The Balaban J connectivity index is 1.49. The molecule has 0 aliphatic carbocycles. The molecule has 128 valence electrons. The summed E-state index contributed by atoms with van der Waals surface area (Å²) in [5.41, 5.74) is 1.41. The molecule has 0 spiro atoms. The number of ether oxygens (including phenoxy) is 1. The molecule has 7 heteroatoms. The number of pyridine rings is 1. The first kappa shape index (κ1) is 16.6. The van der Waals surface area contributed by atoms with Crippen LogP contribution in [-0.4, -0.2) is 52.8 Å². The van der Waals surface area contributed by atoms with Gasteiger partial charge in [-0.05, 0) is 26.0 Å². The van der Waals surface area contributed by atoms with E-state index in [1.165, 1.54) is 0 Å². The molecule has 0 unspecified atom stereocenters. The van der Waals surface area contributed by atoms with Crippen molar-refractivity contribution >= 4 is 5.91 Å². The first-order valence-electron chi connectivity index (χ1n) is 8.11. The highest BCUT2D eigenvalue weighted by Gasteiger charge is 2.23. The molecule has 2 aromatic heterocycles. The van der Waals surface area contributed by atoms with Crippen LogP contribution in [0.15, 0.2) is 35.0 Å². The zero-order valence-electron chi connectivity index (χ0n) is 13.9. The maximum absolute atomic E-state index is 12.1.